The number of rotatable bonds is 3. The number of ether oxygens (including phenoxy) is 1. The van der Waals surface area contributed by atoms with E-state index in [-0.39, 0.29) is 11.6 Å². The second-order valence-electron chi connectivity index (χ2n) is 7.47. The molecule has 0 unspecified atom stereocenters. The van der Waals surface area contributed by atoms with Crippen LogP contribution in [0, 0.1) is 6.92 Å². The highest BCUT2D eigenvalue weighted by molar-refractivity contribution is 5.39. The van der Waals surface area contributed by atoms with Crippen molar-refractivity contribution in [3.8, 4) is 0 Å². The normalized spacial score (nSPS) is 24.6. The minimum absolute atomic E-state index is 0.0802. The SMILES string of the molecule is Cc1cc2nc([C@H]3CCCCN3CC3(O)CCOCC3)cc(=O)n2[nH]1. The molecule has 2 aliphatic heterocycles. The standard InChI is InChI=1S/C18H26N4O3/c1-13-10-16-19-14(11-17(23)22(16)20-13)15-4-2-3-7-21(15)12-18(24)5-8-25-9-6-18/h10-11,15,20,24H,2-9,12H2,1H3/t15-/m1/s1. The number of nitrogens with zero attached hydrogens (tertiary/aromatic N) is 3. The maximum Gasteiger partial charge on any atom is 0.272 e. The van der Waals surface area contributed by atoms with E-state index in [1.165, 1.54) is 4.52 Å². The van der Waals surface area contributed by atoms with Crippen LogP contribution in [0.25, 0.3) is 5.65 Å². The molecule has 2 aliphatic rings. The molecule has 0 aliphatic carbocycles. The number of hydrogen-bond acceptors (Lipinski definition) is 5. The maximum atomic E-state index is 12.4. The number of nitrogens with one attached hydrogen (secondary N) is 1. The summed E-state index contributed by atoms with van der Waals surface area (Å²) in [7, 11) is 0. The molecule has 2 aromatic heterocycles. The fourth-order valence-corrected chi connectivity index (χ4v) is 4.10. The Hall–Kier alpha value is -1.70. The molecule has 25 heavy (non-hydrogen) atoms. The van der Waals surface area contributed by atoms with Crippen LogP contribution < -0.4 is 5.56 Å². The molecule has 0 saturated carbocycles. The van der Waals surface area contributed by atoms with Gasteiger partial charge in [-0.25, -0.2) is 9.50 Å². The molecule has 7 heteroatoms. The van der Waals surface area contributed by atoms with Crippen LogP contribution in [-0.2, 0) is 4.74 Å². The highest BCUT2D eigenvalue weighted by atomic mass is 16.5. The van der Waals surface area contributed by atoms with E-state index in [9.17, 15) is 9.90 Å². The number of H-pyrrole nitrogens is 1. The van der Waals surface area contributed by atoms with Crippen molar-refractivity contribution in [3.05, 3.63) is 33.9 Å². The van der Waals surface area contributed by atoms with Gasteiger partial charge in [0, 0.05) is 50.4 Å². The first-order valence-electron chi connectivity index (χ1n) is 9.18. The molecule has 136 valence electrons. The summed E-state index contributed by atoms with van der Waals surface area (Å²) in [6.07, 6.45) is 4.55. The van der Waals surface area contributed by atoms with Crippen molar-refractivity contribution in [1.29, 1.82) is 0 Å². The van der Waals surface area contributed by atoms with Gasteiger partial charge in [0.05, 0.1) is 17.3 Å². The molecule has 4 heterocycles. The minimum atomic E-state index is -0.697. The molecular weight excluding hydrogens is 320 g/mol. The number of aryl methyl sites for hydroxylation is 1. The van der Waals surface area contributed by atoms with E-state index in [1.54, 1.807) is 6.07 Å². The first-order chi connectivity index (χ1) is 12.0. The highest BCUT2D eigenvalue weighted by Crippen LogP contribution is 2.33. The third-order valence-corrected chi connectivity index (χ3v) is 5.47. The number of likely N-dealkylation sites (tertiary alicyclic amines) is 1. The Kier molecular flexibility index (Phi) is 4.39. The van der Waals surface area contributed by atoms with Gasteiger partial charge in [0.2, 0.25) is 0 Å². The molecule has 0 amide bonds. The molecule has 0 spiro atoms. The summed E-state index contributed by atoms with van der Waals surface area (Å²) in [5.41, 5.74) is 1.62. The van der Waals surface area contributed by atoms with Crippen LogP contribution in [0.2, 0.25) is 0 Å². The van der Waals surface area contributed by atoms with E-state index in [4.69, 9.17) is 9.72 Å². The van der Waals surface area contributed by atoms with Gasteiger partial charge in [0.25, 0.3) is 5.56 Å². The predicted molar refractivity (Wildman–Crippen MR) is 93.7 cm³/mol. The Morgan fingerprint density at radius 2 is 2.16 bits per heavy atom. The number of aromatic nitrogens is 3. The fraction of sp³-hybridized carbons (Fsp3) is 0.667. The van der Waals surface area contributed by atoms with Gasteiger partial charge in [0.15, 0.2) is 5.65 Å². The third-order valence-electron chi connectivity index (χ3n) is 5.47. The lowest BCUT2D eigenvalue weighted by Crippen LogP contribution is -2.49. The van der Waals surface area contributed by atoms with Gasteiger partial charge in [-0.3, -0.25) is 14.8 Å². The number of fused-ring (bicyclic) bond motifs is 1. The Bertz CT molecular complexity index is 806. The minimum Gasteiger partial charge on any atom is -0.388 e. The second kappa shape index (κ2) is 6.55. The van der Waals surface area contributed by atoms with E-state index in [1.807, 2.05) is 13.0 Å². The van der Waals surface area contributed by atoms with Crippen molar-refractivity contribution in [3.63, 3.8) is 0 Å². The summed E-state index contributed by atoms with van der Waals surface area (Å²) in [5, 5.41) is 13.9. The smallest absolute Gasteiger partial charge is 0.272 e. The zero-order valence-corrected chi connectivity index (χ0v) is 14.7. The van der Waals surface area contributed by atoms with Gasteiger partial charge in [-0.05, 0) is 26.3 Å². The van der Waals surface area contributed by atoms with Crippen molar-refractivity contribution in [2.45, 2.75) is 50.7 Å². The molecule has 2 aromatic rings. The quantitative estimate of drug-likeness (QED) is 0.878. The number of aromatic amines is 1. The molecule has 1 atom stereocenters. The lowest BCUT2D eigenvalue weighted by molar-refractivity contribution is -0.0888. The molecule has 2 fully saturated rings. The van der Waals surface area contributed by atoms with Crippen LogP contribution in [-0.4, -0.2) is 56.5 Å². The molecule has 0 radical (unpaired) electrons. The zero-order valence-electron chi connectivity index (χ0n) is 14.7. The van der Waals surface area contributed by atoms with Crippen LogP contribution in [0.4, 0.5) is 0 Å². The predicted octanol–water partition coefficient (Wildman–Crippen LogP) is 1.40. The maximum absolute atomic E-state index is 12.4. The van der Waals surface area contributed by atoms with E-state index in [0.29, 0.717) is 38.2 Å². The zero-order chi connectivity index (χ0) is 17.4. The molecule has 2 N–H and O–H groups in total. The summed E-state index contributed by atoms with van der Waals surface area (Å²) in [5.74, 6) is 0. The number of hydrogen-bond donors (Lipinski definition) is 2. The number of piperidine rings is 1. The van der Waals surface area contributed by atoms with Crippen molar-refractivity contribution in [2.75, 3.05) is 26.3 Å². The van der Waals surface area contributed by atoms with E-state index in [0.717, 1.165) is 37.2 Å². The summed E-state index contributed by atoms with van der Waals surface area (Å²) in [4.78, 5) is 19.5. The first kappa shape index (κ1) is 16.8. The molecule has 4 rings (SSSR count). The van der Waals surface area contributed by atoms with Gasteiger partial charge in [-0.2, -0.15) is 0 Å². The monoisotopic (exact) mass is 346 g/mol. The Morgan fingerprint density at radius 3 is 2.96 bits per heavy atom. The average Bonchev–Trinajstić information content (AvgIpc) is 2.96. The molecule has 0 bridgehead atoms. The fourth-order valence-electron chi connectivity index (χ4n) is 4.10. The van der Waals surface area contributed by atoms with Crippen LogP contribution in [0.15, 0.2) is 16.9 Å². The van der Waals surface area contributed by atoms with E-state index >= 15 is 0 Å². The van der Waals surface area contributed by atoms with Gasteiger partial charge in [-0.1, -0.05) is 6.42 Å². The van der Waals surface area contributed by atoms with Gasteiger partial charge < -0.3 is 9.84 Å². The number of aliphatic hydroxyl groups is 1. The first-order valence-corrected chi connectivity index (χ1v) is 9.18. The van der Waals surface area contributed by atoms with E-state index < -0.39 is 5.60 Å². The molecule has 0 aromatic carbocycles. The lowest BCUT2D eigenvalue weighted by atomic mass is 9.90. The van der Waals surface area contributed by atoms with Gasteiger partial charge in [0.1, 0.15) is 0 Å². The molecule has 7 nitrogen and oxygen atoms in total. The largest absolute Gasteiger partial charge is 0.388 e. The van der Waals surface area contributed by atoms with Gasteiger partial charge in [-0.15, -0.1) is 0 Å². The Labute approximate surface area is 146 Å². The third kappa shape index (κ3) is 3.36. The van der Waals surface area contributed by atoms with E-state index in [2.05, 4.69) is 10.00 Å². The second-order valence-corrected chi connectivity index (χ2v) is 7.47. The molecular formula is C18H26N4O3. The van der Waals surface area contributed by atoms with Crippen molar-refractivity contribution < 1.29 is 9.84 Å². The van der Waals surface area contributed by atoms with Crippen molar-refractivity contribution in [2.24, 2.45) is 0 Å². The number of β-amino-alcohol motifs (C(OH)–C–C–N with tert-alkyl or cyclic N) is 1. The summed E-state index contributed by atoms with van der Waals surface area (Å²) < 4.78 is 6.88. The van der Waals surface area contributed by atoms with Crippen LogP contribution in [0.5, 0.6) is 0 Å². The Morgan fingerprint density at radius 1 is 1.36 bits per heavy atom. The summed E-state index contributed by atoms with van der Waals surface area (Å²) in [6.45, 7) is 4.70. The molecule has 2 saturated heterocycles. The highest BCUT2D eigenvalue weighted by Gasteiger charge is 2.36. The van der Waals surface area contributed by atoms with Gasteiger partial charge >= 0.3 is 0 Å². The van der Waals surface area contributed by atoms with Crippen molar-refractivity contribution >= 4 is 5.65 Å². The average molecular weight is 346 g/mol. The van der Waals surface area contributed by atoms with Crippen LogP contribution in [0.3, 0.4) is 0 Å². The van der Waals surface area contributed by atoms with Crippen molar-refractivity contribution in [1.82, 2.24) is 19.5 Å². The van der Waals surface area contributed by atoms with Crippen LogP contribution >= 0.6 is 0 Å². The lowest BCUT2D eigenvalue weighted by Gasteiger charge is -2.42. The summed E-state index contributed by atoms with van der Waals surface area (Å²) >= 11 is 0. The summed E-state index contributed by atoms with van der Waals surface area (Å²) in [6, 6.07) is 3.62. The topological polar surface area (TPSA) is 82.9 Å². The van der Waals surface area contributed by atoms with Crippen LogP contribution in [0.1, 0.15) is 49.5 Å². The Balaban J connectivity index is 1.63.